The second kappa shape index (κ2) is 6.18. The molecule has 1 aromatic rings. The van der Waals surface area contributed by atoms with Crippen LogP contribution >= 0.6 is 0 Å². The third-order valence-electron chi connectivity index (χ3n) is 2.73. The van der Waals surface area contributed by atoms with Crippen molar-refractivity contribution in [2.75, 3.05) is 20.6 Å². The van der Waals surface area contributed by atoms with Gasteiger partial charge in [0.25, 0.3) is 15.9 Å². The molecule has 108 valence electrons. The minimum absolute atomic E-state index is 0.122. The van der Waals surface area contributed by atoms with Crippen molar-refractivity contribution in [1.82, 2.24) is 15.4 Å². The molecular weight excluding hydrogens is 270 g/mol. The fraction of sp³-hybridized carbons (Fsp3) is 0.545. The number of aryl methyl sites for hydroxylation is 1. The topological polar surface area (TPSA) is 100 Å². The van der Waals surface area contributed by atoms with E-state index in [9.17, 15) is 13.2 Å². The van der Waals surface area contributed by atoms with Gasteiger partial charge in [0.15, 0.2) is 0 Å². The monoisotopic (exact) mass is 289 g/mol. The highest BCUT2D eigenvalue weighted by Crippen LogP contribution is 2.18. The molecule has 1 heterocycles. The molecular formula is C11H19N3O4S. The third-order valence-corrected chi connectivity index (χ3v) is 4.00. The lowest BCUT2D eigenvalue weighted by Gasteiger charge is -2.10. The van der Waals surface area contributed by atoms with Crippen LogP contribution in [0.5, 0.6) is 0 Å². The molecule has 0 aliphatic carbocycles. The van der Waals surface area contributed by atoms with E-state index < -0.39 is 10.0 Å². The van der Waals surface area contributed by atoms with Gasteiger partial charge in [0.1, 0.15) is 5.76 Å². The van der Waals surface area contributed by atoms with Crippen LogP contribution in [0.3, 0.4) is 0 Å². The Kier molecular flexibility index (Phi) is 5.10. The predicted octanol–water partition coefficient (Wildman–Crippen LogP) is -0.166. The van der Waals surface area contributed by atoms with Gasteiger partial charge in [0.2, 0.25) is 5.09 Å². The predicted molar refractivity (Wildman–Crippen MR) is 70.5 cm³/mol. The zero-order chi connectivity index (χ0) is 14.6. The number of hydrogen-bond donors (Lipinski definition) is 3. The first-order valence-electron chi connectivity index (χ1n) is 5.81. The van der Waals surface area contributed by atoms with Crippen LogP contribution in [-0.4, -0.2) is 41.0 Å². The first-order chi connectivity index (χ1) is 8.81. The Morgan fingerprint density at radius 2 is 2.05 bits per heavy atom. The minimum atomic E-state index is -3.68. The van der Waals surface area contributed by atoms with E-state index in [1.165, 1.54) is 13.1 Å². The largest absolute Gasteiger partial charge is 0.448 e. The number of carbonyl (C=O) groups excluding carboxylic acids is 1. The molecule has 1 unspecified atom stereocenters. The van der Waals surface area contributed by atoms with Gasteiger partial charge in [-0.3, -0.25) is 4.79 Å². The fourth-order valence-electron chi connectivity index (χ4n) is 1.36. The number of carbonyl (C=O) groups is 1. The standard InChI is InChI=1S/C11H19N3O4S/c1-7(12-3)6-14-11(15)9-5-10(18-8(9)2)19(16,17)13-4/h5,7,12-13H,6H2,1-4H3,(H,14,15). The van der Waals surface area contributed by atoms with Crippen molar-refractivity contribution >= 4 is 15.9 Å². The number of rotatable bonds is 6. The second-order valence-electron chi connectivity index (χ2n) is 4.14. The van der Waals surface area contributed by atoms with Crippen LogP contribution < -0.4 is 15.4 Å². The maximum atomic E-state index is 11.9. The molecule has 0 saturated heterocycles. The highest BCUT2D eigenvalue weighted by atomic mass is 32.2. The number of amides is 1. The molecule has 0 bridgehead atoms. The highest BCUT2D eigenvalue weighted by molar-refractivity contribution is 7.89. The van der Waals surface area contributed by atoms with E-state index in [0.29, 0.717) is 6.54 Å². The highest BCUT2D eigenvalue weighted by Gasteiger charge is 2.22. The molecule has 0 aliphatic heterocycles. The molecule has 1 aromatic heterocycles. The molecule has 1 amide bonds. The molecule has 8 heteroatoms. The van der Waals surface area contributed by atoms with Gasteiger partial charge in [-0.15, -0.1) is 0 Å². The number of likely N-dealkylation sites (N-methyl/N-ethyl adjacent to an activating group) is 1. The average Bonchev–Trinajstić information content (AvgIpc) is 2.78. The molecule has 1 atom stereocenters. The van der Waals surface area contributed by atoms with Gasteiger partial charge in [-0.05, 0) is 27.9 Å². The summed E-state index contributed by atoms with van der Waals surface area (Å²) in [7, 11) is -0.610. The summed E-state index contributed by atoms with van der Waals surface area (Å²) in [5.74, 6) is -0.0932. The van der Waals surface area contributed by atoms with Gasteiger partial charge in [-0.2, -0.15) is 0 Å². The third kappa shape index (κ3) is 3.79. The number of hydrogen-bond acceptors (Lipinski definition) is 5. The fourth-order valence-corrected chi connectivity index (χ4v) is 2.07. The van der Waals surface area contributed by atoms with E-state index in [1.54, 1.807) is 14.0 Å². The van der Waals surface area contributed by atoms with Gasteiger partial charge in [0, 0.05) is 18.7 Å². The quantitative estimate of drug-likeness (QED) is 0.675. The van der Waals surface area contributed by atoms with Crippen molar-refractivity contribution in [2.45, 2.75) is 25.0 Å². The maximum absolute atomic E-state index is 11.9. The lowest BCUT2D eigenvalue weighted by molar-refractivity contribution is 0.0949. The number of furan rings is 1. The summed E-state index contributed by atoms with van der Waals surface area (Å²) >= 11 is 0. The van der Waals surface area contributed by atoms with Crippen LogP contribution in [0.1, 0.15) is 23.0 Å². The number of nitrogens with one attached hydrogen (secondary N) is 3. The molecule has 0 aliphatic rings. The molecule has 0 fully saturated rings. The molecule has 19 heavy (non-hydrogen) atoms. The van der Waals surface area contributed by atoms with Crippen molar-refractivity contribution in [2.24, 2.45) is 0 Å². The SMILES string of the molecule is CNC(C)CNC(=O)c1cc(S(=O)(=O)NC)oc1C. The lowest BCUT2D eigenvalue weighted by atomic mass is 10.2. The van der Waals surface area contributed by atoms with Gasteiger partial charge in [0.05, 0.1) is 5.56 Å². The van der Waals surface area contributed by atoms with E-state index in [2.05, 4.69) is 15.4 Å². The van der Waals surface area contributed by atoms with Crippen molar-refractivity contribution in [1.29, 1.82) is 0 Å². The van der Waals surface area contributed by atoms with E-state index in [1.807, 2.05) is 6.92 Å². The summed E-state index contributed by atoms with van der Waals surface area (Å²) in [4.78, 5) is 11.9. The van der Waals surface area contributed by atoms with Crippen molar-refractivity contribution in [3.05, 3.63) is 17.4 Å². The Morgan fingerprint density at radius 1 is 1.42 bits per heavy atom. The van der Waals surface area contributed by atoms with Crippen LogP contribution in [0.4, 0.5) is 0 Å². The second-order valence-corrected chi connectivity index (χ2v) is 5.96. The van der Waals surface area contributed by atoms with Gasteiger partial charge < -0.3 is 15.1 Å². The first-order valence-corrected chi connectivity index (χ1v) is 7.29. The summed E-state index contributed by atoms with van der Waals surface area (Å²) in [5, 5.41) is 5.41. The van der Waals surface area contributed by atoms with Crippen LogP contribution in [0.25, 0.3) is 0 Å². The Hall–Kier alpha value is -1.38. The van der Waals surface area contributed by atoms with Gasteiger partial charge in [-0.25, -0.2) is 13.1 Å². The lowest BCUT2D eigenvalue weighted by Crippen LogP contribution is -2.37. The summed E-state index contributed by atoms with van der Waals surface area (Å²) < 4.78 is 30.3. The van der Waals surface area contributed by atoms with Gasteiger partial charge in [-0.1, -0.05) is 0 Å². The smallest absolute Gasteiger partial charge is 0.273 e. The molecule has 0 spiro atoms. The zero-order valence-corrected chi connectivity index (χ0v) is 12.2. The van der Waals surface area contributed by atoms with E-state index in [4.69, 9.17) is 4.42 Å². The van der Waals surface area contributed by atoms with Crippen molar-refractivity contribution in [3.63, 3.8) is 0 Å². The normalized spacial score (nSPS) is 13.3. The maximum Gasteiger partial charge on any atom is 0.273 e. The van der Waals surface area contributed by atoms with Crippen LogP contribution in [0, 0.1) is 6.92 Å². The minimum Gasteiger partial charge on any atom is -0.448 e. The Balaban J connectivity index is 2.88. The van der Waals surface area contributed by atoms with Crippen molar-refractivity contribution < 1.29 is 17.6 Å². The summed E-state index contributed by atoms with van der Waals surface area (Å²) in [6.07, 6.45) is 0. The van der Waals surface area contributed by atoms with Crippen LogP contribution in [0.2, 0.25) is 0 Å². The number of sulfonamides is 1. The van der Waals surface area contributed by atoms with E-state index in [0.717, 1.165) is 0 Å². The first kappa shape index (κ1) is 15.7. The molecule has 0 saturated carbocycles. The Morgan fingerprint density at radius 3 is 2.58 bits per heavy atom. The summed E-state index contributed by atoms with van der Waals surface area (Å²) in [5.41, 5.74) is 0.220. The van der Waals surface area contributed by atoms with E-state index >= 15 is 0 Å². The summed E-state index contributed by atoms with van der Waals surface area (Å²) in [6, 6.07) is 1.34. The molecule has 0 radical (unpaired) electrons. The Labute approximate surface area is 112 Å². The molecule has 1 rings (SSSR count). The molecule has 0 aromatic carbocycles. The van der Waals surface area contributed by atoms with Crippen LogP contribution in [-0.2, 0) is 10.0 Å². The summed E-state index contributed by atoms with van der Waals surface area (Å²) in [6.45, 7) is 3.90. The molecule has 7 nitrogen and oxygen atoms in total. The zero-order valence-electron chi connectivity index (χ0n) is 11.4. The Bertz CT molecular complexity index is 550. The molecule has 3 N–H and O–H groups in total. The van der Waals surface area contributed by atoms with E-state index in [-0.39, 0.29) is 28.4 Å². The van der Waals surface area contributed by atoms with Gasteiger partial charge >= 0.3 is 0 Å². The average molecular weight is 289 g/mol. The van der Waals surface area contributed by atoms with Crippen molar-refractivity contribution in [3.8, 4) is 0 Å². The van der Waals surface area contributed by atoms with Crippen LogP contribution in [0.15, 0.2) is 15.6 Å².